The molecule has 0 aromatic heterocycles. The molecule has 0 aliphatic rings. The van der Waals surface area contributed by atoms with Crippen molar-refractivity contribution < 1.29 is 9.72 Å². The molecule has 0 radical (unpaired) electrons. The topological polar surface area (TPSA) is 72.2 Å². The summed E-state index contributed by atoms with van der Waals surface area (Å²) in [5, 5.41) is 14.0. The molecule has 0 heterocycles. The van der Waals surface area contributed by atoms with Crippen molar-refractivity contribution in [2.75, 3.05) is 12.3 Å². The van der Waals surface area contributed by atoms with Gasteiger partial charge in [0.2, 0.25) is 0 Å². The fraction of sp³-hybridized carbons (Fsp3) is 0.133. The number of amides is 1. The fourth-order valence-corrected chi connectivity index (χ4v) is 2.60. The summed E-state index contributed by atoms with van der Waals surface area (Å²) < 4.78 is 0. The van der Waals surface area contributed by atoms with E-state index in [9.17, 15) is 14.9 Å². The van der Waals surface area contributed by atoms with Crippen molar-refractivity contribution in [2.45, 2.75) is 4.90 Å². The van der Waals surface area contributed by atoms with Gasteiger partial charge in [0.05, 0.1) is 4.92 Å². The fourth-order valence-electron chi connectivity index (χ4n) is 1.70. The number of hydrogen-bond donors (Lipinski definition) is 1. The van der Waals surface area contributed by atoms with E-state index in [1.165, 1.54) is 24.3 Å². The second-order valence-electron chi connectivity index (χ2n) is 4.36. The van der Waals surface area contributed by atoms with Crippen LogP contribution >= 0.6 is 23.4 Å². The molecule has 2 rings (SSSR count). The first-order valence-corrected chi connectivity index (χ1v) is 7.83. The molecule has 0 unspecified atom stereocenters. The third-order valence-electron chi connectivity index (χ3n) is 2.81. The Kier molecular flexibility index (Phi) is 5.80. The van der Waals surface area contributed by atoms with Crippen LogP contribution in [0.25, 0.3) is 0 Å². The third kappa shape index (κ3) is 4.75. The number of rotatable bonds is 6. The lowest BCUT2D eigenvalue weighted by Gasteiger charge is -2.05. The van der Waals surface area contributed by atoms with E-state index in [0.717, 1.165) is 10.6 Å². The Morgan fingerprint density at radius 2 is 1.77 bits per heavy atom. The molecule has 22 heavy (non-hydrogen) atoms. The molecule has 0 saturated carbocycles. The Balaban J connectivity index is 1.77. The number of halogens is 1. The van der Waals surface area contributed by atoms with E-state index in [0.29, 0.717) is 17.1 Å². The van der Waals surface area contributed by atoms with Crippen LogP contribution in [-0.4, -0.2) is 23.1 Å². The van der Waals surface area contributed by atoms with E-state index in [2.05, 4.69) is 5.32 Å². The van der Waals surface area contributed by atoms with Gasteiger partial charge in [0.15, 0.2) is 0 Å². The smallest absolute Gasteiger partial charge is 0.269 e. The number of hydrogen-bond acceptors (Lipinski definition) is 4. The average molecular weight is 337 g/mol. The molecule has 0 saturated heterocycles. The zero-order chi connectivity index (χ0) is 15.9. The molecule has 2 aromatic carbocycles. The molecule has 0 aliphatic heterocycles. The summed E-state index contributed by atoms with van der Waals surface area (Å²) >= 11 is 7.41. The summed E-state index contributed by atoms with van der Waals surface area (Å²) in [7, 11) is 0. The molecule has 114 valence electrons. The lowest BCUT2D eigenvalue weighted by atomic mass is 10.2. The Morgan fingerprint density at radius 1 is 1.14 bits per heavy atom. The van der Waals surface area contributed by atoms with Gasteiger partial charge in [-0.05, 0) is 36.4 Å². The number of nitro benzene ring substituents is 1. The van der Waals surface area contributed by atoms with Gasteiger partial charge in [-0.1, -0.05) is 11.6 Å². The van der Waals surface area contributed by atoms with Gasteiger partial charge in [0.1, 0.15) is 0 Å². The summed E-state index contributed by atoms with van der Waals surface area (Å²) in [5.74, 6) is 0.479. The number of nitro groups is 1. The van der Waals surface area contributed by atoms with E-state index in [1.54, 1.807) is 11.8 Å². The van der Waals surface area contributed by atoms with Crippen molar-refractivity contribution in [1.82, 2.24) is 5.32 Å². The number of carbonyl (C=O) groups excluding carboxylic acids is 1. The zero-order valence-corrected chi connectivity index (χ0v) is 13.1. The maximum absolute atomic E-state index is 11.9. The van der Waals surface area contributed by atoms with E-state index in [4.69, 9.17) is 11.6 Å². The molecule has 2 aromatic rings. The molecule has 0 atom stereocenters. The van der Waals surface area contributed by atoms with Crippen LogP contribution in [0.5, 0.6) is 0 Å². The van der Waals surface area contributed by atoms with Crippen molar-refractivity contribution in [2.24, 2.45) is 0 Å². The van der Waals surface area contributed by atoms with Gasteiger partial charge in [-0.3, -0.25) is 14.9 Å². The molecule has 5 nitrogen and oxygen atoms in total. The summed E-state index contributed by atoms with van der Waals surface area (Å²) in [6.07, 6.45) is 0. The number of nitrogens with one attached hydrogen (secondary N) is 1. The average Bonchev–Trinajstić information content (AvgIpc) is 2.53. The van der Waals surface area contributed by atoms with Crippen LogP contribution in [0, 0.1) is 10.1 Å². The zero-order valence-electron chi connectivity index (χ0n) is 11.5. The standard InChI is InChI=1S/C15H13ClN2O3S/c16-12-3-7-14(8-4-12)22-10-9-17-15(19)11-1-5-13(6-2-11)18(20)21/h1-8H,9-10H2,(H,17,19). The minimum absolute atomic E-state index is 0.0326. The van der Waals surface area contributed by atoms with E-state index in [-0.39, 0.29) is 11.6 Å². The first-order chi connectivity index (χ1) is 10.6. The first-order valence-electron chi connectivity index (χ1n) is 6.47. The highest BCUT2D eigenvalue weighted by molar-refractivity contribution is 7.99. The van der Waals surface area contributed by atoms with Gasteiger partial charge in [-0.25, -0.2) is 0 Å². The van der Waals surface area contributed by atoms with Crippen LogP contribution in [0.3, 0.4) is 0 Å². The SMILES string of the molecule is O=C(NCCSc1ccc(Cl)cc1)c1ccc([N+](=O)[O-])cc1. The maximum atomic E-state index is 11.9. The largest absolute Gasteiger partial charge is 0.351 e. The molecular formula is C15H13ClN2O3S. The molecule has 1 amide bonds. The minimum Gasteiger partial charge on any atom is -0.351 e. The second kappa shape index (κ2) is 7.82. The lowest BCUT2D eigenvalue weighted by Crippen LogP contribution is -2.25. The molecule has 7 heteroatoms. The van der Waals surface area contributed by atoms with Crippen molar-refractivity contribution in [3.63, 3.8) is 0 Å². The van der Waals surface area contributed by atoms with Crippen LogP contribution in [0.1, 0.15) is 10.4 Å². The Morgan fingerprint density at radius 3 is 2.36 bits per heavy atom. The van der Waals surface area contributed by atoms with Gasteiger partial charge in [0.25, 0.3) is 11.6 Å². The van der Waals surface area contributed by atoms with E-state index >= 15 is 0 Å². The summed E-state index contributed by atoms with van der Waals surface area (Å²) in [6.45, 7) is 0.503. The number of benzene rings is 2. The van der Waals surface area contributed by atoms with Crippen molar-refractivity contribution in [3.05, 3.63) is 69.2 Å². The quantitative estimate of drug-likeness (QED) is 0.377. The van der Waals surface area contributed by atoms with Crippen LogP contribution in [0.15, 0.2) is 53.4 Å². The molecule has 1 N–H and O–H groups in total. The van der Waals surface area contributed by atoms with Crippen LogP contribution in [0.2, 0.25) is 5.02 Å². The van der Waals surface area contributed by atoms with Gasteiger partial charge in [0, 0.05) is 39.9 Å². The molecule has 0 fully saturated rings. The van der Waals surface area contributed by atoms with Gasteiger partial charge in [-0.15, -0.1) is 11.8 Å². The third-order valence-corrected chi connectivity index (χ3v) is 4.08. The highest BCUT2D eigenvalue weighted by Crippen LogP contribution is 2.19. The summed E-state index contributed by atoms with van der Waals surface area (Å²) in [4.78, 5) is 23.0. The van der Waals surface area contributed by atoms with E-state index in [1.807, 2.05) is 24.3 Å². The highest BCUT2D eigenvalue weighted by atomic mass is 35.5. The summed E-state index contributed by atoms with van der Waals surface area (Å²) in [5.41, 5.74) is 0.372. The van der Waals surface area contributed by atoms with Crippen molar-refractivity contribution >= 4 is 35.0 Å². The van der Waals surface area contributed by atoms with Gasteiger partial charge in [-0.2, -0.15) is 0 Å². The molecular weight excluding hydrogens is 324 g/mol. The Hall–Kier alpha value is -2.05. The Labute approximate surface area is 136 Å². The maximum Gasteiger partial charge on any atom is 0.269 e. The highest BCUT2D eigenvalue weighted by Gasteiger charge is 2.08. The number of thioether (sulfide) groups is 1. The Bertz CT molecular complexity index is 659. The summed E-state index contributed by atoms with van der Waals surface area (Å²) in [6, 6.07) is 13.0. The van der Waals surface area contributed by atoms with Gasteiger partial charge < -0.3 is 5.32 Å². The molecule has 0 bridgehead atoms. The molecule has 0 spiro atoms. The van der Waals surface area contributed by atoms with E-state index < -0.39 is 4.92 Å². The van der Waals surface area contributed by atoms with Crippen molar-refractivity contribution in [3.8, 4) is 0 Å². The predicted molar refractivity (Wildman–Crippen MR) is 87.6 cm³/mol. The van der Waals surface area contributed by atoms with Crippen molar-refractivity contribution in [1.29, 1.82) is 0 Å². The number of nitrogens with zero attached hydrogens (tertiary/aromatic N) is 1. The van der Waals surface area contributed by atoms with Crippen LogP contribution in [-0.2, 0) is 0 Å². The lowest BCUT2D eigenvalue weighted by molar-refractivity contribution is -0.384. The normalized spacial score (nSPS) is 10.2. The number of non-ortho nitro benzene ring substituents is 1. The first kappa shape index (κ1) is 16.3. The molecule has 0 aliphatic carbocycles. The van der Waals surface area contributed by atoms with Crippen LogP contribution in [0.4, 0.5) is 5.69 Å². The predicted octanol–water partition coefficient (Wildman–Crippen LogP) is 3.77. The second-order valence-corrected chi connectivity index (χ2v) is 5.97. The monoisotopic (exact) mass is 336 g/mol. The number of carbonyl (C=O) groups is 1. The van der Waals surface area contributed by atoms with Gasteiger partial charge >= 0.3 is 0 Å². The van der Waals surface area contributed by atoms with Crippen LogP contribution < -0.4 is 5.32 Å². The minimum atomic E-state index is -0.496.